The van der Waals surface area contributed by atoms with Crippen LogP contribution < -0.4 is 5.32 Å². The topological polar surface area (TPSA) is 73.2 Å². The number of amides is 1. The lowest BCUT2D eigenvalue weighted by Crippen LogP contribution is -2.48. The Kier molecular flexibility index (Phi) is 6.40. The van der Waals surface area contributed by atoms with Crippen molar-refractivity contribution in [2.24, 2.45) is 11.8 Å². The van der Waals surface area contributed by atoms with Gasteiger partial charge in [-0.25, -0.2) is 4.79 Å². The summed E-state index contributed by atoms with van der Waals surface area (Å²) >= 11 is 0. The van der Waals surface area contributed by atoms with Gasteiger partial charge in [0.25, 0.3) is 5.91 Å². The lowest BCUT2D eigenvalue weighted by atomic mass is 9.79. The Labute approximate surface area is 143 Å². The highest BCUT2D eigenvalue weighted by atomic mass is 16.5. The van der Waals surface area contributed by atoms with Crippen molar-refractivity contribution < 1.29 is 14.3 Å². The van der Waals surface area contributed by atoms with Gasteiger partial charge in [0.2, 0.25) is 0 Å². The van der Waals surface area contributed by atoms with Crippen molar-refractivity contribution in [2.45, 2.75) is 65.5 Å². The van der Waals surface area contributed by atoms with Gasteiger partial charge in [-0.1, -0.05) is 19.8 Å². The van der Waals surface area contributed by atoms with Gasteiger partial charge in [0.05, 0.1) is 6.61 Å². The molecule has 6 heteroatoms. The fourth-order valence-corrected chi connectivity index (χ4v) is 3.34. The summed E-state index contributed by atoms with van der Waals surface area (Å²) in [6.07, 6.45) is 5.65. The highest BCUT2D eigenvalue weighted by Crippen LogP contribution is 2.31. The van der Waals surface area contributed by atoms with Crippen molar-refractivity contribution in [3.05, 3.63) is 18.0 Å². The first kappa shape index (κ1) is 18.5. The van der Waals surface area contributed by atoms with E-state index in [1.54, 1.807) is 23.9 Å². The molecule has 1 aliphatic carbocycles. The van der Waals surface area contributed by atoms with Crippen LogP contribution in [-0.2, 0) is 9.53 Å². The molecule has 0 aromatic carbocycles. The van der Waals surface area contributed by atoms with Crippen molar-refractivity contribution in [3.8, 4) is 0 Å². The standard InChI is InChI=1S/C18H29N3O3/c1-5-24-18(23)16(14-8-6-13(4)7-9-14)20-17(22)15-10-11-19-21(15)12(2)3/h10-14,16H,5-9H2,1-4H3,(H,20,22). The normalized spacial score (nSPS) is 22.2. The van der Waals surface area contributed by atoms with Crippen LogP contribution in [0.2, 0.25) is 0 Å². The molecule has 1 amide bonds. The maximum absolute atomic E-state index is 12.7. The first-order chi connectivity index (χ1) is 11.4. The van der Waals surface area contributed by atoms with E-state index in [1.165, 1.54) is 0 Å². The number of ether oxygens (including phenoxy) is 1. The Hall–Kier alpha value is -1.85. The third-order valence-electron chi connectivity index (χ3n) is 4.75. The van der Waals surface area contributed by atoms with E-state index in [0.29, 0.717) is 18.2 Å². The van der Waals surface area contributed by atoms with Gasteiger partial charge in [0.15, 0.2) is 0 Å². The van der Waals surface area contributed by atoms with Crippen LogP contribution in [0.1, 0.15) is 69.9 Å². The van der Waals surface area contributed by atoms with Crippen LogP contribution in [0.25, 0.3) is 0 Å². The highest BCUT2D eigenvalue weighted by Gasteiger charge is 2.34. The zero-order valence-electron chi connectivity index (χ0n) is 15.1. The maximum atomic E-state index is 12.7. The van der Waals surface area contributed by atoms with Crippen molar-refractivity contribution >= 4 is 11.9 Å². The van der Waals surface area contributed by atoms with E-state index in [-0.39, 0.29) is 23.8 Å². The van der Waals surface area contributed by atoms with Gasteiger partial charge >= 0.3 is 5.97 Å². The van der Waals surface area contributed by atoms with Crippen molar-refractivity contribution in [2.75, 3.05) is 6.61 Å². The molecule has 6 nitrogen and oxygen atoms in total. The monoisotopic (exact) mass is 335 g/mol. The van der Waals surface area contributed by atoms with E-state index in [9.17, 15) is 9.59 Å². The molecule has 0 aliphatic heterocycles. The molecule has 1 aromatic rings. The van der Waals surface area contributed by atoms with Crippen LogP contribution in [-0.4, -0.2) is 34.3 Å². The van der Waals surface area contributed by atoms with Crippen molar-refractivity contribution in [1.29, 1.82) is 0 Å². The molecule has 1 unspecified atom stereocenters. The molecular formula is C18H29N3O3. The number of esters is 1. The molecule has 0 bridgehead atoms. The van der Waals surface area contributed by atoms with Crippen LogP contribution in [0.5, 0.6) is 0 Å². The van der Waals surface area contributed by atoms with Gasteiger partial charge in [0.1, 0.15) is 11.7 Å². The van der Waals surface area contributed by atoms with Gasteiger partial charge in [-0.3, -0.25) is 9.48 Å². The number of nitrogens with zero attached hydrogens (tertiary/aromatic N) is 2. The molecule has 0 spiro atoms. The predicted molar refractivity (Wildman–Crippen MR) is 91.6 cm³/mol. The molecule has 1 aromatic heterocycles. The number of carbonyl (C=O) groups is 2. The smallest absolute Gasteiger partial charge is 0.328 e. The number of carbonyl (C=O) groups excluding carboxylic acids is 2. The Morgan fingerprint density at radius 3 is 2.58 bits per heavy atom. The fourth-order valence-electron chi connectivity index (χ4n) is 3.34. The first-order valence-corrected chi connectivity index (χ1v) is 8.95. The van der Waals surface area contributed by atoms with Gasteiger partial charge in [-0.05, 0) is 51.5 Å². The van der Waals surface area contributed by atoms with Crippen LogP contribution in [0.3, 0.4) is 0 Å². The Morgan fingerprint density at radius 1 is 1.33 bits per heavy atom. The van der Waals surface area contributed by atoms with E-state index >= 15 is 0 Å². The number of rotatable bonds is 6. The van der Waals surface area contributed by atoms with Gasteiger partial charge in [-0.2, -0.15) is 5.10 Å². The van der Waals surface area contributed by atoms with Crippen molar-refractivity contribution in [1.82, 2.24) is 15.1 Å². The molecule has 0 radical (unpaired) electrons. The molecule has 134 valence electrons. The minimum Gasteiger partial charge on any atom is -0.464 e. The lowest BCUT2D eigenvalue weighted by molar-refractivity contribution is -0.147. The Balaban J connectivity index is 2.13. The van der Waals surface area contributed by atoms with Crippen LogP contribution >= 0.6 is 0 Å². The summed E-state index contributed by atoms with van der Waals surface area (Å²) in [5.74, 6) is 0.223. The number of hydrogen-bond acceptors (Lipinski definition) is 4. The molecule has 1 fully saturated rings. The zero-order chi connectivity index (χ0) is 17.7. The quantitative estimate of drug-likeness (QED) is 0.811. The van der Waals surface area contributed by atoms with Gasteiger partial charge in [-0.15, -0.1) is 0 Å². The molecule has 1 N–H and O–H groups in total. The molecule has 1 aliphatic rings. The van der Waals surface area contributed by atoms with E-state index in [1.807, 2.05) is 13.8 Å². The molecule has 0 saturated heterocycles. The summed E-state index contributed by atoms with van der Waals surface area (Å²) in [7, 11) is 0. The van der Waals surface area contributed by atoms with Crippen LogP contribution in [0, 0.1) is 11.8 Å². The second-order valence-corrected chi connectivity index (χ2v) is 6.98. The zero-order valence-corrected chi connectivity index (χ0v) is 15.1. The van der Waals surface area contributed by atoms with E-state index in [4.69, 9.17) is 4.74 Å². The minimum absolute atomic E-state index is 0.0809. The summed E-state index contributed by atoms with van der Waals surface area (Å²) in [6.45, 7) is 8.27. The minimum atomic E-state index is -0.583. The molecule has 1 heterocycles. The average molecular weight is 335 g/mol. The molecule has 1 saturated carbocycles. The van der Waals surface area contributed by atoms with Crippen molar-refractivity contribution in [3.63, 3.8) is 0 Å². The Morgan fingerprint density at radius 2 is 2.00 bits per heavy atom. The molecular weight excluding hydrogens is 306 g/mol. The van der Waals surface area contributed by atoms with E-state index in [2.05, 4.69) is 17.3 Å². The molecule has 2 rings (SSSR count). The van der Waals surface area contributed by atoms with E-state index in [0.717, 1.165) is 25.7 Å². The third kappa shape index (κ3) is 4.36. The molecule has 24 heavy (non-hydrogen) atoms. The van der Waals surface area contributed by atoms with Gasteiger partial charge < -0.3 is 10.1 Å². The number of hydrogen-bond donors (Lipinski definition) is 1. The predicted octanol–water partition coefficient (Wildman–Crippen LogP) is 2.95. The van der Waals surface area contributed by atoms with E-state index < -0.39 is 6.04 Å². The van der Waals surface area contributed by atoms with Crippen LogP contribution in [0.4, 0.5) is 0 Å². The summed E-state index contributed by atoms with van der Waals surface area (Å²) in [4.78, 5) is 25.1. The van der Waals surface area contributed by atoms with Gasteiger partial charge in [0, 0.05) is 12.2 Å². The first-order valence-electron chi connectivity index (χ1n) is 8.95. The molecule has 1 atom stereocenters. The average Bonchev–Trinajstić information content (AvgIpc) is 3.03. The SMILES string of the molecule is CCOC(=O)C(NC(=O)c1ccnn1C(C)C)C1CCC(C)CC1. The van der Waals surface area contributed by atoms with Crippen LogP contribution in [0.15, 0.2) is 12.3 Å². The maximum Gasteiger partial charge on any atom is 0.328 e. The Bertz CT molecular complexity index is 560. The second kappa shape index (κ2) is 8.31. The second-order valence-electron chi connectivity index (χ2n) is 6.98. The highest BCUT2D eigenvalue weighted by molar-refractivity contribution is 5.95. The third-order valence-corrected chi connectivity index (χ3v) is 4.75. The number of aromatic nitrogens is 2. The summed E-state index contributed by atoms with van der Waals surface area (Å²) in [6, 6.07) is 1.18. The lowest BCUT2D eigenvalue weighted by Gasteiger charge is -2.31. The summed E-state index contributed by atoms with van der Waals surface area (Å²) < 4.78 is 6.87. The fraction of sp³-hybridized carbons (Fsp3) is 0.722. The largest absolute Gasteiger partial charge is 0.464 e. The summed E-state index contributed by atoms with van der Waals surface area (Å²) in [5, 5.41) is 7.10. The number of nitrogens with one attached hydrogen (secondary N) is 1. The summed E-state index contributed by atoms with van der Waals surface area (Å²) in [5.41, 5.74) is 0.475.